The first-order valence-corrected chi connectivity index (χ1v) is 10.3. The number of nitrogens with one attached hydrogen (secondary N) is 1. The predicted octanol–water partition coefficient (Wildman–Crippen LogP) is 3.09. The Kier molecular flexibility index (Phi) is 5.60. The highest BCUT2D eigenvalue weighted by molar-refractivity contribution is 5.69. The lowest BCUT2D eigenvalue weighted by atomic mass is 10.1. The molecule has 8 nitrogen and oxygen atoms in total. The number of nitrogens with zero attached hydrogens (tertiary/aromatic N) is 3. The Hall–Kier alpha value is -3.46. The Morgan fingerprint density at radius 2 is 2.03 bits per heavy atom. The van der Waals surface area contributed by atoms with Gasteiger partial charge in [-0.25, -0.2) is 14.2 Å². The molecule has 3 aromatic rings. The summed E-state index contributed by atoms with van der Waals surface area (Å²) < 4.78 is 20.7. The van der Waals surface area contributed by atoms with Gasteiger partial charge < -0.3 is 15.2 Å². The van der Waals surface area contributed by atoms with Crippen LogP contribution in [-0.4, -0.2) is 50.7 Å². The number of fused-ring (bicyclic) bond motifs is 1. The monoisotopic (exact) mass is 440 g/mol. The number of benzene rings is 1. The number of hydrogen-bond donors (Lipinski definition) is 2. The molecule has 1 amide bonds. The van der Waals surface area contributed by atoms with Crippen molar-refractivity contribution in [2.24, 2.45) is 0 Å². The maximum atomic E-state index is 13.7. The number of aromatic nitrogens is 2. The summed E-state index contributed by atoms with van der Waals surface area (Å²) >= 11 is 0. The zero-order valence-corrected chi connectivity index (χ0v) is 18.1. The average Bonchev–Trinajstić information content (AvgIpc) is 2.74. The molecule has 32 heavy (non-hydrogen) atoms. The van der Waals surface area contributed by atoms with Crippen LogP contribution < -0.4 is 10.9 Å². The highest BCUT2D eigenvalue weighted by Crippen LogP contribution is 2.26. The molecule has 1 fully saturated rings. The molecular weight excluding hydrogens is 415 g/mol. The molecule has 1 saturated heterocycles. The number of carbonyl (C=O) groups excluding carboxylic acids is 1. The summed E-state index contributed by atoms with van der Waals surface area (Å²) in [5.41, 5.74) is 0.891. The lowest BCUT2D eigenvalue weighted by molar-refractivity contribution is 0.0117. The number of aromatic hydroxyl groups is 1. The number of piperazine rings is 1. The maximum absolute atomic E-state index is 13.7. The number of pyridine rings is 1. The van der Waals surface area contributed by atoms with Crippen LogP contribution in [0.4, 0.5) is 9.18 Å². The van der Waals surface area contributed by atoms with E-state index < -0.39 is 23.3 Å². The van der Waals surface area contributed by atoms with Gasteiger partial charge in [0.2, 0.25) is 0 Å². The molecule has 2 aromatic heterocycles. The van der Waals surface area contributed by atoms with E-state index in [4.69, 9.17) is 4.74 Å². The van der Waals surface area contributed by atoms with Crippen molar-refractivity contribution in [3.05, 3.63) is 64.3 Å². The molecule has 9 heteroatoms. The van der Waals surface area contributed by atoms with E-state index in [1.54, 1.807) is 17.2 Å². The van der Waals surface area contributed by atoms with Gasteiger partial charge in [0, 0.05) is 37.5 Å². The zero-order chi connectivity index (χ0) is 23.0. The Balaban J connectivity index is 1.70. The van der Waals surface area contributed by atoms with Crippen LogP contribution in [0.5, 0.6) is 5.75 Å². The van der Waals surface area contributed by atoms with Crippen molar-refractivity contribution < 1.29 is 19.0 Å². The third kappa shape index (κ3) is 4.43. The molecule has 1 aromatic carbocycles. The van der Waals surface area contributed by atoms with Gasteiger partial charge in [-0.3, -0.25) is 14.1 Å². The zero-order valence-electron chi connectivity index (χ0n) is 18.1. The summed E-state index contributed by atoms with van der Waals surface area (Å²) in [6.45, 7) is 7.12. The fraction of sp³-hybridized carbons (Fsp3) is 0.348. The summed E-state index contributed by atoms with van der Waals surface area (Å²) in [7, 11) is 0. The van der Waals surface area contributed by atoms with Gasteiger partial charge in [-0.2, -0.15) is 0 Å². The van der Waals surface area contributed by atoms with Crippen LogP contribution in [0, 0.1) is 5.82 Å². The molecule has 1 aliphatic heterocycles. The van der Waals surface area contributed by atoms with Crippen molar-refractivity contribution in [3.63, 3.8) is 0 Å². The van der Waals surface area contributed by atoms with E-state index in [0.29, 0.717) is 36.5 Å². The second kappa shape index (κ2) is 8.23. The normalized spacial score (nSPS) is 16.9. The maximum Gasteiger partial charge on any atom is 0.410 e. The van der Waals surface area contributed by atoms with E-state index in [9.17, 15) is 19.1 Å². The number of phenolic OH excluding ortho intramolecular Hbond substituents is 1. The summed E-state index contributed by atoms with van der Waals surface area (Å²) in [5, 5.41) is 12.7. The van der Waals surface area contributed by atoms with Gasteiger partial charge in [0.25, 0.3) is 5.56 Å². The van der Waals surface area contributed by atoms with E-state index in [1.807, 2.05) is 26.8 Å². The Morgan fingerprint density at radius 1 is 1.25 bits per heavy atom. The SMILES string of the molecule is CC(C)(C)OC(=O)N1CCNCC1c1ccc2nc(-c3ccc(O)c(F)c3)cc(=O)n2c1. The standard InChI is InChI=1S/C23H25FN4O4/c1-23(2,3)32-22(31)27-9-8-25-12-18(27)15-5-7-20-26-17(11-21(30)28(20)13-15)14-4-6-19(29)16(24)10-14/h4-7,10-11,13,18,25,29H,8-9,12H2,1-3H3. The van der Waals surface area contributed by atoms with Crippen LogP contribution in [0.25, 0.3) is 16.9 Å². The van der Waals surface area contributed by atoms with Crippen LogP contribution >= 0.6 is 0 Å². The number of halogens is 1. The largest absolute Gasteiger partial charge is 0.505 e. The minimum Gasteiger partial charge on any atom is -0.505 e. The number of phenols is 1. The van der Waals surface area contributed by atoms with Crippen LogP contribution in [0.3, 0.4) is 0 Å². The van der Waals surface area contributed by atoms with E-state index >= 15 is 0 Å². The third-order valence-corrected chi connectivity index (χ3v) is 5.18. The first-order valence-electron chi connectivity index (χ1n) is 10.3. The average molecular weight is 440 g/mol. The topological polar surface area (TPSA) is 96.2 Å². The Bertz CT molecular complexity index is 1230. The fourth-order valence-corrected chi connectivity index (χ4v) is 3.67. The molecule has 0 saturated carbocycles. The minimum atomic E-state index is -0.785. The van der Waals surface area contributed by atoms with E-state index in [-0.39, 0.29) is 11.6 Å². The summed E-state index contributed by atoms with van der Waals surface area (Å²) in [6, 6.07) is 8.37. The highest BCUT2D eigenvalue weighted by atomic mass is 19.1. The van der Waals surface area contributed by atoms with E-state index in [1.165, 1.54) is 22.6 Å². The van der Waals surface area contributed by atoms with Gasteiger partial charge in [0.15, 0.2) is 11.6 Å². The van der Waals surface area contributed by atoms with Crippen LogP contribution in [0.2, 0.25) is 0 Å². The summed E-state index contributed by atoms with van der Waals surface area (Å²) in [5.74, 6) is -1.25. The third-order valence-electron chi connectivity index (χ3n) is 5.18. The molecule has 0 bridgehead atoms. The van der Waals surface area contributed by atoms with Gasteiger partial charge in [-0.1, -0.05) is 6.07 Å². The molecule has 4 rings (SSSR count). The van der Waals surface area contributed by atoms with Crippen molar-refractivity contribution in [2.45, 2.75) is 32.4 Å². The lowest BCUT2D eigenvalue weighted by Crippen LogP contribution is -2.50. The lowest BCUT2D eigenvalue weighted by Gasteiger charge is -2.37. The fourth-order valence-electron chi connectivity index (χ4n) is 3.67. The molecule has 0 aliphatic carbocycles. The number of carbonyl (C=O) groups is 1. The van der Waals surface area contributed by atoms with Crippen molar-refractivity contribution in [3.8, 4) is 17.0 Å². The van der Waals surface area contributed by atoms with Crippen molar-refractivity contribution in [1.29, 1.82) is 0 Å². The smallest absolute Gasteiger partial charge is 0.410 e. The van der Waals surface area contributed by atoms with Gasteiger partial charge in [-0.05, 0) is 50.6 Å². The molecule has 168 valence electrons. The van der Waals surface area contributed by atoms with E-state index in [2.05, 4.69) is 10.3 Å². The highest BCUT2D eigenvalue weighted by Gasteiger charge is 2.31. The number of ether oxygens (including phenoxy) is 1. The summed E-state index contributed by atoms with van der Waals surface area (Å²) in [4.78, 5) is 31.7. The molecule has 1 aliphatic rings. The molecule has 1 unspecified atom stereocenters. The van der Waals surface area contributed by atoms with Gasteiger partial charge in [0.05, 0.1) is 11.7 Å². The number of rotatable bonds is 2. The second-order valence-electron chi connectivity index (χ2n) is 8.73. The predicted molar refractivity (Wildman–Crippen MR) is 117 cm³/mol. The molecule has 3 heterocycles. The van der Waals surface area contributed by atoms with Crippen LogP contribution in [-0.2, 0) is 4.74 Å². The number of amides is 1. The molecule has 0 radical (unpaired) electrons. The van der Waals surface area contributed by atoms with Crippen LogP contribution in [0.1, 0.15) is 32.4 Å². The minimum absolute atomic E-state index is 0.302. The van der Waals surface area contributed by atoms with Crippen molar-refractivity contribution >= 4 is 11.7 Å². The van der Waals surface area contributed by atoms with Gasteiger partial charge in [0.1, 0.15) is 11.2 Å². The van der Waals surface area contributed by atoms with Gasteiger partial charge in [-0.15, -0.1) is 0 Å². The quantitative estimate of drug-likeness (QED) is 0.636. The van der Waals surface area contributed by atoms with Crippen molar-refractivity contribution in [2.75, 3.05) is 19.6 Å². The molecule has 2 N–H and O–H groups in total. The summed E-state index contributed by atoms with van der Waals surface area (Å²) in [6.07, 6.45) is 1.26. The number of hydrogen-bond acceptors (Lipinski definition) is 6. The van der Waals surface area contributed by atoms with Crippen LogP contribution in [0.15, 0.2) is 47.4 Å². The van der Waals surface area contributed by atoms with Gasteiger partial charge >= 0.3 is 6.09 Å². The molecular formula is C23H25FN4O4. The van der Waals surface area contributed by atoms with Crippen molar-refractivity contribution in [1.82, 2.24) is 19.6 Å². The first kappa shape index (κ1) is 21.8. The molecule has 1 atom stereocenters. The van der Waals surface area contributed by atoms with E-state index in [0.717, 1.165) is 11.6 Å². The Morgan fingerprint density at radius 3 is 2.75 bits per heavy atom. The second-order valence-corrected chi connectivity index (χ2v) is 8.73. The Labute approximate surface area is 184 Å². The first-order chi connectivity index (χ1) is 15.1. The molecule has 0 spiro atoms.